The van der Waals surface area contributed by atoms with E-state index >= 15 is 0 Å². The molecule has 1 saturated heterocycles. The van der Waals surface area contributed by atoms with Crippen molar-refractivity contribution in [1.82, 2.24) is 0 Å². The lowest BCUT2D eigenvalue weighted by Gasteiger charge is -2.18. The molecule has 3 nitrogen and oxygen atoms in total. The summed E-state index contributed by atoms with van der Waals surface area (Å²) >= 11 is 0. The third-order valence-corrected chi connectivity index (χ3v) is 2.99. The smallest absolute Gasteiger partial charge is 0.310 e. The van der Waals surface area contributed by atoms with Crippen LogP contribution in [0.25, 0.3) is 0 Å². The van der Waals surface area contributed by atoms with Gasteiger partial charge in [0.2, 0.25) is 0 Å². The molecule has 0 amide bonds. The van der Waals surface area contributed by atoms with Gasteiger partial charge in [0.1, 0.15) is 0 Å². The number of anilines is 1. The van der Waals surface area contributed by atoms with Gasteiger partial charge in [-0.2, -0.15) is 0 Å². The first-order chi connectivity index (χ1) is 8.11. The van der Waals surface area contributed by atoms with Crippen LogP contribution in [0.15, 0.2) is 18.2 Å². The van der Waals surface area contributed by atoms with Crippen molar-refractivity contribution in [1.29, 1.82) is 0 Å². The Morgan fingerprint density at radius 3 is 2.82 bits per heavy atom. The number of hydrogen-bond donors (Lipinski definition) is 0. The second-order valence-electron chi connectivity index (χ2n) is 4.05. The fourth-order valence-electron chi connectivity index (χ4n) is 2.04. The predicted molar refractivity (Wildman–Crippen MR) is 58.7 cm³/mol. The average Bonchev–Trinajstić information content (AvgIpc) is 2.81. The Hall–Kier alpha value is -1.65. The fraction of sp³-hybridized carbons (Fsp3) is 0.417. The number of halogens is 2. The molecule has 17 heavy (non-hydrogen) atoms. The summed E-state index contributed by atoms with van der Waals surface area (Å²) in [4.78, 5) is 13.2. The first kappa shape index (κ1) is 11.8. The third-order valence-electron chi connectivity index (χ3n) is 2.99. The van der Waals surface area contributed by atoms with Crippen molar-refractivity contribution in [3.05, 3.63) is 29.8 Å². The minimum Gasteiger partial charge on any atom is -0.469 e. The van der Waals surface area contributed by atoms with E-state index in [4.69, 9.17) is 0 Å². The number of rotatable bonds is 2. The topological polar surface area (TPSA) is 29.5 Å². The fourth-order valence-corrected chi connectivity index (χ4v) is 2.04. The van der Waals surface area contributed by atoms with Crippen LogP contribution in [0.2, 0.25) is 0 Å². The molecule has 0 N–H and O–H groups in total. The standard InChI is InChI=1S/C12H13F2NO2/c1-17-12(16)8-4-5-15(7-8)9-2-3-10(13)11(14)6-9/h2-3,6,8H,4-5,7H2,1H3. The quantitative estimate of drug-likeness (QED) is 0.741. The number of ether oxygens (including phenoxy) is 1. The molecule has 1 heterocycles. The van der Waals surface area contributed by atoms with Gasteiger partial charge in [-0.1, -0.05) is 0 Å². The molecular formula is C12H13F2NO2. The van der Waals surface area contributed by atoms with Crippen molar-refractivity contribution in [2.75, 3.05) is 25.1 Å². The highest BCUT2D eigenvalue weighted by Crippen LogP contribution is 2.25. The van der Waals surface area contributed by atoms with E-state index in [0.29, 0.717) is 25.2 Å². The number of carbonyl (C=O) groups is 1. The van der Waals surface area contributed by atoms with Gasteiger partial charge < -0.3 is 9.64 Å². The molecular weight excluding hydrogens is 228 g/mol. The average molecular weight is 241 g/mol. The normalized spacial score (nSPS) is 19.5. The van der Waals surface area contributed by atoms with Crippen LogP contribution in [0.1, 0.15) is 6.42 Å². The second-order valence-corrected chi connectivity index (χ2v) is 4.05. The summed E-state index contributed by atoms with van der Waals surface area (Å²) in [6.45, 7) is 1.13. The molecule has 0 saturated carbocycles. The van der Waals surface area contributed by atoms with E-state index in [-0.39, 0.29) is 11.9 Å². The summed E-state index contributed by atoms with van der Waals surface area (Å²) in [5.74, 6) is -2.18. The monoisotopic (exact) mass is 241 g/mol. The molecule has 1 aliphatic heterocycles. The molecule has 2 rings (SSSR count). The van der Waals surface area contributed by atoms with Crippen molar-refractivity contribution >= 4 is 11.7 Å². The van der Waals surface area contributed by atoms with E-state index in [0.717, 1.165) is 12.1 Å². The molecule has 1 aromatic rings. The van der Waals surface area contributed by atoms with Gasteiger partial charge in [-0.15, -0.1) is 0 Å². The summed E-state index contributed by atoms with van der Waals surface area (Å²) in [6.07, 6.45) is 0.672. The first-order valence-electron chi connectivity index (χ1n) is 5.39. The van der Waals surface area contributed by atoms with E-state index in [2.05, 4.69) is 4.74 Å². The molecule has 0 radical (unpaired) electrons. The highest BCUT2D eigenvalue weighted by Gasteiger charge is 2.29. The van der Waals surface area contributed by atoms with E-state index in [1.807, 2.05) is 4.90 Å². The highest BCUT2D eigenvalue weighted by molar-refractivity contribution is 5.74. The molecule has 92 valence electrons. The minimum atomic E-state index is -0.871. The van der Waals surface area contributed by atoms with Gasteiger partial charge in [0.25, 0.3) is 0 Å². The van der Waals surface area contributed by atoms with Crippen LogP contribution >= 0.6 is 0 Å². The summed E-state index contributed by atoms with van der Waals surface area (Å²) in [5, 5.41) is 0. The van der Waals surface area contributed by atoms with Gasteiger partial charge in [0, 0.05) is 24.8 Å². The Kier molecular flexibility index (Phi) is 3.26. The zero-order valence-electron chi connectivity index (χ0n) is 9.45. The van der Waals surface area contributed by atoms with Crippen molar-refractivity contribution in [2.24, 2.45) is 5.92 Å². The molecule has 0 spiro atoms. The number of methoxy groups -OCH3 is 1. The Labute approximate surface area is 98.0 Å². The molecule has 1 unspecified atom stereocenters. The number of esters is 1. The number of carbonyl (C=O) groups excluding carboxylic acids is 1. The summed E-state index contributed by atoms with van der Waals surface area (Å²) in [5.41, 5.74) is 0.593. The Balaban J connectivity index is 2.10. The van der Waals surface area contributed by atoms with Gasteiger partial charge in [0.15, 0.2) is 11.6 Å². The molecule has 1 aromatic carbocycles. The summed E-state index contributed by atoms with van der Waals surface area (Å²) in [6, 6.07) is 3.75. The molecule has 5 heteroatoms. The summed E-state index contributed by atoms with van der Waals surface area (Å²) in [7, 11) is 1.35. The van der Waals surface area contributed by atoms with Crippen LogP contribution in [0.4, 0.5) is 14.5 Å². The number of nitrogens with zero attached hydrogens (tertiary/aromatic N) is 1. The third kappa shape index (κ3) is 2.38. The molecule has 1 atom stereocenters. The maximum atomic E-state index is 13.1. The minimum absolute atomic E-state index is 0.187. The van der Waals surface area contributed by atoms with Crippen molar-refractivity contribution in [2.45, 2.75) is 6.42 Å². The molecule has 0 aromatic heterocycles. The van der Waals surface area contributed by atoms with E-state index in [1.54, 1.807) is 0 Å². The Morgan fingerprint density at radius 2 is 2.18 bits per heavy atom. The van der Waals surface area contributed by atoms with Crippen LogP contribution in [0.3, 0.4) is 0 Å². The van der Waals surface area contributed by atoms with Crippen LogP contribution in [-0.2, 0) is 9.53 Å². The highest BCUT2D eigenvalue weighted by atomic mass is 19.2. The SMILES string of the molecule is COC(=O)C1CCN(c2ccc(F)c(F)c2)C1. The van der Waals surface area contributed by atoms with Crippen molar-refractivity contribution in [3.63, 3.8) is 0 Å². The lowest BCUT2D eigenvalue weighted by Crippen LogP contribution is -2.23. The molecule has 1 fully saturated rings. The number of hydrogen-bond acceptors (Lipinski definition) is 3. The largest absolute Gasteiger partial charge is 0.469 e. The maximum absolute atomic E-state index is 13.1. The molecule has 0 aliphatic carbocycles. The van der Waals surface area contributed by atoms with E-state index in [1.165, 1.54) is 13.2 Å². The summed E-state index contributed by atoms with van der Waals surface area (Å²) < 4.78 is 30.5. The van der Waals surface area contributed by atoms with E-state index < -0.39 is 11.6 Å². The lowest BCUT2D eigenvalue weighted by molar-refractivity contribution is -0.144. The van der Waals surface area contributed by atoms with Crippen LogP contribution < -0.4 is 4.90 Å². The molecule has 0 bridgehead atoms. The van der Waals surface area contributed by atoms with Crippen LogP contribution in [-0.4, -0.2) is 26.2 Å². The van der Waals surface area contributed by atoms with Gasteiger partial charge in [0.05, 0.1) is 13.0 Å². The maximum Gasteiger partial charge on any atom is 0.310 e. The number of benzene rings is 1. The Morgan fingerprint density at radius 1 is 1.41 bits per heavy atom. The van der Waals surface area contributed by atoms with Crippen LogP contribution in [0.5, 0.6) is 0 Å². The second kappa shape index (κ2) is 4.69. The van der Waals surface area contributed by atoms with Gasteiger partial charge in [-0.3, -0.25) is 4.79 Å². The van der Waals surface area contributed by atoms with Gasteiger partial charge >= 0.3 is 5.97 Å². The van der Waals surface area contributed by atoms with E-state index in [9.17, 15) is 13.6 Å². The lowest BCUT2D eigenvalue weighted by atomic mass is 10.1. The zero-order chi connectivity index (χ0) is 12.4. The van der Waals surface area contributed by atoms with Crippen LogP contribution in [0, 0.1) is 17.6 Å². The predicted octanol–water partition coefficient (Wildman–Crippen LogP) is 1.96. The zero-order valence-corrected chi connectivity index (χ0v) is 9.45. The molecule has 1 aliphatic rings. The first-order valence-corrected chi connectivity index (χ1v) is 5.39. The van der Waals surface area contributed by atoms with Crippen molar-refractivity contribution in [3.8, 4) is 0 Å². The van der Waals surface area contributed by atoms with Crippen molar-refractivity contribution < 1.29 is 18.3 Å². The Bertz CT molecular complexity index is 437. The van der Waals surface area contributed by atoms with Gasteiger partial charge in [-0.25, -0.2) is 8.78 Å². The van der Waals surface area contributed by atoms with Gasteiger partial charge in [-0.05, 0) is 18.6 Å².